The smallest absolute Gasteiger partial charge is 0.293 e. The van der Waals surface area contributed by atoms with Gasteiger partial charge < -0.3 is 13.2 Å². The fraction of sp³-hybridized carbons (Fsp3) is 0.176. The predicted molar refractivity (Wildman–Crippen MR) is 125 cm³/mol. The van der Waals surface area contributed by atoms with Crippen LogP contribution in [-0.4, -0.2) is 56.8 Å². The number of carbonyl (C=O) groups excluding carboxylic acids is 1. The number of anilines is 1. The second-order valence-electron chi connectivity index (χ2n) is 6.50. The summed E-state index contributed by atoms with van der Waals surface area (Å²) >= 11 is 3.21. The number of aromatic nitrogens is 8. The number of para-hydroxylation sites is 1. The number of hydrogen-bond donors (Lipinski definition) is 3. The molecule has 3 N–H and O–H groups in total. The predicted octanol–water partition coefficient (Wildman–Crippen LogP) is 1.69. The van der Waals surface area contributed by atoms with Crippen molar-refractivity contribution < 1.29 is 14.5 Å². The van der Waals surface area contributed by atoms with Crippen molar-refractivity contribution in [1.82, 2.24) is 45.5 Å². The summed E-state index contributed by atoms with van der Waals surface area (Å²) in [5.74, 6) is 0.268. The summed E-state index contributed by atoms with van der Waals surface area (Å²) in [6, 6.07) is 6.68. The summed E-state index contributed by atoms with van der Waals surface area (Å²) in [7, 11) is 1.81. The molecule has 0 atom stereocenters. The molecule has 0 saturated carbocycles. The molecule has 4 rings (SSSR count). The van der Waals surface area contributed by atoms with E-state index in [0.29, 0.717) is 27.9 Å². The number of phenols is 1. The number of aromatic hydroxyl groups is 1. The molecule has 0 aliphatic heterocycles. The Kier molecular flexibility index (Phi) is 6.82. The Morgan fingerprint density at radius 2 is 2.12 bits per heavy atom. The van der Waals surface area contributed by atoms with Gasteiger partial charge in [0, 0.05) is 18.4 Å². The normalized spacial score (nSPS) is 11.5. The van der Waals surface area contributed by atoms with Crippen LogP contribution in [0.5, 0.6) is 5.75 Å². The van der Waals surface area contributed by atoms with E-state index in [1.54, 1.807) is 36.0 Å². The van der Waals surface area contributed by atoms with Gasteiger partial charge in [-0.25, -0.2) is 10.1 Å². The Hall–Kier alpha value is -3.54. The van der Waals surface area contributed by atoms with E-state index in [1.165, 1.54) is 22.5 Å². The summed E-state index contributed by atoms with van der Waals surface area (Å²) in [5.41, 5.74) is 3.81. The molecule has 14 nitrogen and oxygen atoms in total. The SMILES string of the molecule is C/C(=N\NC(=O)c1nnn(-c2nonc2NI)c1CSc1nncn1C)c1ccccc1O. The molecule has 170 valence electrons. The third-order valence-electron chi connectivity index (χ3n) is 4.37. The lowest BCUT2D eigenvalue weighted by molar-refractivity contribution is 0.0949. The van der Waals surface area contributed by atoms with Crippen LogP contribution >= 0.6 is 34.6 Å². The van der Waals surface area contributed by atoms with E-state index in [2.05, 4.69) is 44.9 Å². The van der Waals surface area contributed by atoms with Crippen LogP contribution in [0.1, 0.15) is 28.7 Å². The summed E-state index contributed by atoms with van der Waals surface area (Å²) in [5, 5.41) is 38.3. The molecule has 1 amide bonds. The first kappa shape index (κ1) is 22.6. The second-order valence-corrected chi connectivity index (χ2v) is 7.98. The molecule has 3 aromatic heterocycles. The number of hydrazone groups is 1. The number of nitrogens with zero attached hydrogens (tertiary/aromatic N) is 9. The molecule has 4 aromatic rings. The van der Waals surface area contributed by atoms with Crippen LogP contribution in [0.25, 0.3) is 5.82 Å². The molecule has 16 heteroatoms. The van der Waals surface area contributed by atoms with Gasteiger partial charge in [-0.2, -0.15) is 9.78 Å². The van der Waals surface area contributed by atoms with Crippen molar-refractivity contribution in [2.45, 2.75) is 17.8 Å². The fourth-order valence-corrected chi connectivity index (χ4v) is 3.94. The largest absolute Gasteiger partial charge is 0.507 e. The Morgan fingerprint density at radius 3 is 2.85 bits per heavy atom. The van der Waals surface area contributed by atoms with Gasteiger partial charge in [0.05, 0.1) is 34.3 Å². The zero-order valence-corrected chi connectivity index (χ0v) is 20.1. The molecule has 0 saturated heterocycles. The van der Waals surface area contributed by atoms with Crippen LogP contribution in [0.15, 0.2) is 45.5 Å². The second kappa shape index (κ2) is 9.94. The molecule has 33 heavy (non-hydrogen) atoms. The number of halogens is 1. The number of carbonyl (C=O) groups is 1. The molecule has 0 aliphatic rings. The number of amides is 1. The maximum Gasteiger partial charge on any atom is 0.293 e. The van der Waals surface area contributed by atoms with Crippen LogP contribution in [-0.2, 0) is 12.8 Å². The molecule has 3 heterocycles. The maximum atomic E-state index is 12.9. The highest BCUT2D eigenvalue weighted by atomic mass is 127. The van der Waals surface area contributed by atoms with Crippen LogP contribution in [0.3, 0.4) is 0 Å². The minimum absolute atomic E-state index is 0.0286. The molecule has 1 aromatic carbocycles. The van der Waals surface area contributed by atoms with E-state index in [9.17, 15) is 9.90 Å². The van der Waals surface area contributed by atoms with Crippen molar-refractivity contribution in [3.05, 3.63) is 47.5 Å². The summed E-state index contributed by atoms with van der Waals surface area (Å²) in [4.78, 5) is 12.9. The summed E-state index contributed by atoms with van der Waals surface area (Å²) < 4.78 is 10.7. The lowest BCUT2D eigenvalue weighted by atomic mass is 10.1. The summed E-state index contributed by atoms with van der Waals surface area (Å²) in [6.45, 7) is 1.66. The standard InChI is InChI=1S/C17H16IN11O3S/c1-9(10-5-3-4-6-12(10)30)21-23-16(31)13-11(7-33-17-24-19-8-28(17)2)29(27-22-13)15-14(20-18)25-32-26-15/h3-6,8,30H,7H2,1-2H3,(H,20,25)(H,23,31)/b21-9+. The van der Waals surface area contributed by atoms with Crippen molar-refractivity contribution in [3.8, 4) is 11.6 Å². The van der Waals surface area contributed by atoms with Gasteiger partial charge in [0.15, 0.2) is 10.9 Å². The first-order valence-electron chi connectivity index (χ1n) is 9.23. The third-order valence-corrected chi connectivity index (χ3v) is 5.92. The highest BCUT2D eigenvalue weighted by Crippen LogP contribution is 2.25. The average Bonchev–Trinajstić information content (AvgIpc) is 3.55. The third kappa shape index (κ3) is 4.80. The van der Waals surface area contributed by atoms with Gasteiger partial charge in [-0.1, -0.05) is 29.1 Å². The van der Waals surface area contributed by atoms with E-state index in [1.807, 2.05) is 29.9 Å². The fourth-order valence-electron chi connectivity index (χ4n) is 2.72. The van der Waals surface area contributed by atoms with Gasteiger partial charge in [0.1, 0.15) is 12.1 Å². The zero-order chi connectivity index (χ0) is 23.4. The van der Waals surface area contributed by atoms with Crippen molar-refractivity contribution in [2.75, 3.05) is 3.53 Å². The molecule has 0 bridgehead atoms. The Morgan fingerprint density at radius 1 is 1.30 bits per heavy atom. The lowest BCUT2D eigenvalue weighted by Gasteiger charge is -2.06. The first-order chi connectivity index (χ1) is 16.0. The molecule has 0 unspecified atom stereocenters. The zero-order valence-electron chi connectivity index (χ0n) is 17.2. The Labute approximate surface area is 204 Å². The molecular weight excluding hydrogens is 565 g/mol. The number of aryl methyl sites for hydroxylation is 1. The molecule has 0 spiro atoms. The highest BCUT2D eigenvalue weighted by Gasteiger charge is 2.25. The van der Waals surface area contributed by atoms with Gasteiger partial charge >= 0.3 is 0 Å². The number of rotatable bonds is 8. The van der Waals surface area contributed by atoms with Gasteiger partial charge in [-0.15, -0.1) is 15.3 Å². The summed E-state index contributed by atoms with van der Waals surface area (Å²) in [6.07, 6.45) is 1.57. The van der Waals surface area contributed by atoms with Gasteiger partial charge in [0.2, 0.25) is 11.6 Å². The highest BCUT2D eigenvalue weighted by molar-refractivity contribution is 14.1. The Bertz CT molecular complexity index is 1320. The number of thioether (sulfide) groups is 1. The minimum Gasteiger partial charge on any atom is -0.507 e. The number of phenolic OH excluding ortho intramolecular Hbond substituents is 1. The molecular formula is C17H16IN11O3S. The van der Waals surface area contributed by atoms with Gasteiger partial charge in [-0.3, -0.25) is 4.79 Å². The van der Waals surface area contributed by atoms with E-state index < -0.39 is 5.91 Å². The van der Waals surface area contributed by atoms with Crippen molar-refractivity contribution in [3.63, 3.8) is 0 Å². The molecule has 0 radical (unpaired) electrons. The first-order valence-corrected chi connectivity index (χ1v) is 11.3. The van der Waals surface area contributed by atoms with E-state index in [-0.39, 0.29) is 23.0 Å². The van der Waals surface area contributed by atoms with Crippen molar-refractivity contribution in [1.29, 1.82) is 0 Å². The number of nitrogens with one attached hydrogen (secondary N) is 2. The van der Waals surface area contributed by atoms with Crippen LogP contribution in [0.4, 0.5) is 5.82 Å². The van der Waals surface area contributed by atoms with Gasteiger partial charge in [-0.05, 0) is 29.4 Å². The van der Waals surface area contributed by atoms with Gasteiger partial charge in [0.25, 0.3) is 5.91 Å². The number of hydrogen-bond acceptors (Lipinski definition) is 12. The van der Waals surface area contributed by atoms with Crippen LogP contribution in [0.2, 0.25) is 0 Å². The topological polar surface area (TPSA) is 174 Å². The van der Waals surface area contributed by atoms with Crippen molar-refractivity contribution in [2.24, 2.45) is 12.1 Å². The van der Waals surface area contributed by atoms with E-state index in [4.69, 9.17) is 4.63 Å². The monoisotopic (exact) mass is 581 g/mol. The van der Waals surface area contributed by atoms with Crippen LogP contribution < -0.4 is 8.96 Å². The minimum atomic E-state index is -0.593. The number of benzene rings is 1. The molecule has 0 fully saturated rings. The Balaban J connectivity index is 1.64. The van der Waals surface area contributed by atoms with Crippen LogP contribution in [0, 0.1) is 0 Å². The van der Waals surface area contributed by atoms with E-state index in [0.717, 1.165) is 0 Å². The average molecular weight is 581 g/mol. The maximum absolute atomic E-state index is 12.9. The lowest BCUT2D eigenvalue weighted by Crippen LogP contribution is -2.21. The van der Waals surface area contributed by atoms with Crippen molar-refractivity contribution >= 4 is 52.1 Å². The quantitative estimate of drug-likeness (QED) is 0.0908. The van der Waals surface area contributed by atoms with E-state index >= 15 is 0 Å². The molecule has 0 aliphatic carbocycles.